The molecule has 100 valence electrons. The van der Waals surface area contributed by atoms with Crippen molar-refractivity contribution in [2.45, 2.75) is 25.1 Å². The average Bonchev–Trinajstić information content (AvgIpc) is 2.38. The van der Waals surface area contributed by atoms with Crippen molar-refractivity contribution in [3.8, 4) is 0 Å². The van der Waals surface area contributed by atoms with E-state index in [-0.39, 0.29) is 12.0 Å². The van der Waals surface area contributed by atoms with Gasteiger partial charge < -0.3 is 10.5 Å². The first kappa shape index (κ1) is 13.4. The van der Waals surface area contributed by atoms with Crippen molar-refractivity contribution in [1.29, 1.82) is 0 Å². The summed E-state index contributed by atoms with van der Waals surface area (Å²) in [6.07, 6.45) is -2.56. The highest BCUT2D eigenvalue weighted by molar-refractivity contribution is 5.27. The Hall–Kier alpha value is -1.07. The third-order valence-corrected chi connectivity index (χ3v) is 3.40. The molecule has 0 spiro atoms. The molecule has 2 N–H and O–H groups in total. The van der Waals surface area contributed by atoms with Crippen LogP contribution in [0, 0.1) is 5.92 Å². The Bertz CT molecular complexity index is 382. The van der Waals surface area contributed by atoms with Crippen LogP contribution in [0.3, 0.4) is 0 Å². The second-order valence-corrected chi connectivity index (χ2v) is 4.60. The van der Waals surface area contributed by atoms with Gasteiger partial charge in [0.2, 0.25) is 0 Å². The summed E-state index contributed by atoms with van der Waals surface area (Å²) in [5.41, 5.74) is 6.22. The molecular formula is C13H16F3NO. The summed E-state index contributed by atoms with van der Waals surface area (Å²) in [4.78, 5) is 0. The SMILES string of the molecule is N[C@@H](c1ccc(C(F)(F)F)cc1)C1CCOCC1. The molecule has 1 saturated heterocycles. The summed E-state index contributed by atoms with van der Waals surface area (Å²) in [6, 6.07) is 4.92. The van der Waals surface area contributed by atoms with Gasteiger partial charge in [0, 0.05) is 19.3 Å². The summed E-state index contributed by atoms with van der Waals surface area (Å²) in [5, 5.41) is 0. The van der Waals surface area contributed by atoms with E-state index < -0.39 is 11.7 Å². The van der Waals surface area contributed by atoms with Crippen molar-refractivity contribution in [2.75, 3.05) is 13.2 Å². The highest BCUT2D eigenvalue weighted by Gasteiger charge is 2.30. The molecule has 0 aromatic heterocycles. The molecule has 0 unspecified atom stereocenters. The van der Waals surface area contributed by atoms with Gasteiger partial charge in [-0.1, -0.05) is 12.1 Å². The minimum absolute atomic E-state index is 0.212. The molecule has 0 amide bonds. The second kappa shape index (κ2) is 5.28. The van der Waals surface area contributed by atoms with Gasteiger partial charge in [0.1, 0.15) is 0 Å². The Balaban J connectivity index is 2.09. The smallest absolute Gasteiger partial charge is 0.381 e. The average molecular weight is 259 g/mol. The molecular weight excluding hydrogens is 243 g/mol. The molecule has 2 rings (SSSR count). The van der Waals surface area contributed by atoms with Crippen LogP contribution < -0.4 is 5.73 Å². The first-order valence-electron chi connectivity index (χ1n) is 5.99. The zero-order valence-corrected chi connectivity index (χ0v) is 9.91. The number of hydrogen-bond donors (Lipinski definition) is 1. The maximum atomic E-state index is 12.4. The van der Waals surface area contributed by atoms with Gasteiger partial charge in [0.05, 0.1) is 5.56 Å². The maximum absolute atomic E-state index is 12.4. The predicted molar refractivity (Wildman–Crippen MR) is 61.9 cm³/mol. The van der Waals surface area contributed by atoms with E-state index in [1.54, 1.807) is 0 Å². The fraction of sp³-hybridized carbons (Fsp3) is 0.538. The highest BCUT2D eigenvalue weighted by Crippen LogP contribution is 2.32. The van der Waals surface area contributed by atoms with Crippen LogP contribution in [0.1, 0.15) is 30.0 Å². The molecule has 0 radical (unpaired) electrons. The van der Waals surface area contributed by atoms with Crippen LogP contribution in [-0.2, 0) is 10.9 Å². The predicted octanol–water partition coefficient (Wildman–Crippen LogP) is 3.13. The van der Waals surface area contributed by atoms with Crippen molar-refractivity contribution >= 4 is 0 Å². The van der Waals surface area contributed by atoms with E-state index >= 15 is 0 Å². The Kier molecular flexibility index (Phi) is 3.92. The molecule has 5 heteroatoms. The lowest BCUT2D eigenvalue weighted by atomic mass is 9.87. The number of rotatable bonds is 2. The van der Waals surface area contributed by atoms with Crippen molar-refractivity contribution in [3.63, 3.8) is 0 Å². The van der Waals surface area contributed by atoms with Gasteiger partial charge in [-0.25, -0.2) is 0 Å². The van der Waals surface area contributed by atoms with Crippen molar-refractivity contribution in [3.05, 3.63) is 35.4 Å². The van der Waals surface area contributed by atoms with E-state index in [0.717, 1.165) is 30.5 Å². The van der Waals surface area contributed by atoms with Crippen molar-refractivity contribution in [1.82, 2.24) is 0 Å². The third-order valence-electron chi connectivity index (χ3n) is 3.40. The van der Waals surface area contributed by atoms with E-state index in [1.807, 2.05) is 0 Å². The molecule has 1 aromatic carbocycles. The topological polar surface area (TPSA) is 35.2 Å². The van der Waals surface area contributed by atoms with Gasteiger partial charge in [-0.15, -0.1) is 0 Å². The van der Waals surface area contributed by atoms with E-state index in [0.29, 0.717) is 13.2 Å². The van der Waals surface area contributed by atoms with Crippen LogP contribution in [0.4, 0.5) is 13.2 Å². The third kappa shape index (κ3) is 3.03. The number of alkyl halides is 3. The van der Waals surface area contributed by atoms with Crippen molar-refractivity contribution < 1.29 is 17.9 Å². The fourth-order valence-corrected chi connectivity index (χ4v) is 2.24. The normalized spacial score (nSPS) is 19.8. The highest BCUT2D eigenvalue weighted by atomic mass is 19.4. The Morgan fingerprint density at radius 2 is 1.67 bits per heavy atom. The molecule has 1 aliphatic rings. The van der Waals surface area contributed by atoms with Crippen LogP contribution in [0.5, 0.6) is 0 Å². The van der Waals surface area contributed by atoms with Crippen LogP contribution in [-0.4, -0.2) is 13.2 Å². The second-order valence-electron chi connectivity index (χ2n) is 4.60. The number of nitrogens with two attached hydrogens (primary N) is 1. The lowest BCUT2D eigenvalue weighted by Crippen LogP contribution is -2.27. The van der Waals surface area contributed by atoms with Crippen LogP contribution in [0.15, 0.2) is 24.3 Å². The zero-order chi connectivity index (χ0) is 13.2. The molecule has 1 aliphatic heterocycles. The fourth-order valence-electron chi connectivity index (χ4n) is 2.24. The molecule has 1 aromatic rings. The summed E-state index contributed by atoms with van der Waals surface area (Å²) >= 11 is 0. The molecule has 2 nitrogen and oxygen atoms in total. The molecule has 0 aliphatic carbocycles. The lowest BCUT2D eigenvalue weighted by molar-refractivity contribution is -0.137. The summed E-state index contributed by atoms with van der Waals surface area (Å²) in [6.45, 7) is 1.36. The number of benzene rings is 1. The van der Waals surface area contributed by atoms with Gasteiger partial charge in [0.15, 0.2) is 0 Å². The van der Waals surface area contributed by atoms with Gasteiger partial charge >= 0.3 is 6.18 Å². The molecule has 0 bridgehead atoms. The minimum atomic E-state index is -4.29. The Morgan fingerprint density at radius 1 is 1.11 bits per heavy atom. The largest absolute Gasteiger partial charge is 0.416 e. The van der Waals surface area contributed by atoms with Crippen molar-refractivity contribution in [2.24, 2.45) is 11.7 Å². The standard InChI is InChI=1S/C13H16F3NO/c14-13(15,16)11-3-1-9(2-4-11)12(17)10-5-7-18-8-6-10/h1-4,10,12H,5-8,17H2/t12-/m0/s1. The summed E-state index contributed by atoms with van der Waals surface area (Å²) in [7, 11) is 0. The van der Waals surface area contributed by atoms with E-state index in [2.05, 4.69) is 0 Å². The summed E-state index contributed by atoms with van der Waals surface area (Å²) in [5.74, 6) is 0.287. The van der Waals surface area contributed by atoms with E-state index in [1.165, 1.54) is 12.1 Å². The van der Waals surface area contributed by atoms with Gasteiger partial charge in [0.25, 0.3) is 0 Å². The van der Waals surface area contributed by atoms with Crippen LogP contribution in [0.2, 0.25) is 0 Å². The quantitative estimate of drug-likeness (QED) is 0.885. The van der Waals surface area contributed by atoms with E-state index in [4.69, 9.17) is 10.5 Å². The number of hydrogen-bond acceptors (Lipinski definition) is 2. The maximum Gasteiger partial charge on any atom is 0.416 e. The lowest BCUT2D eigenvalue weighted by Gasteiger charge is -2.28. The monoisotopic (exact) mass is 259 g/mol. The molecule has 0 saturated carbocycles. The van der Waals surface area contributed by atoms with Crippen LogP contribution >= 0.6 is 0 Å². The first-order valence-corrected chi connectivity index (χ1v) is 5.99. The van der Waals surface area contributed by atoms with Gasteiger partial charge in [-0.05, 0) is 36.5 Å². The Morgan fingerprint density at radius 3 is 2.17 bits per heavy atom. The zero-order valence-electron chi connectivity index (χ0n) is 9.91. The Labute approximate surface area is 104 Å². The summed E-state index contributed by atoms with van der Waals surface area (Å²) < 4.78 is 42.5. The van der Waals surface area contributed by atoms with Crippen LogP contribution in [0.25, 0.3) is 0 Å². The molecule has 1 fully saturated rings. The molecule has 18 heavy (non-hydrogen) atoms. The number of halogens is 3. The van der Waals surface area contributed by atoms with Gasteiger partial charge in [-0.2, -0.15) is 13.2 Å². The molecule has 1 atom stereocenters. The van der Waals surface area contributed by atoms with E-state index in [9.17, 15) is 13.2 Å². The van der Waals surface area contributed by atoms with Gasteiger partial charge in [-0.3, -0.25) is 0 Å². The minimum Gasteiger partial charge on any atom is -0.381 e. The first-order chi connectivity index (χ1) is 8.48. The number of ether oxygens (including phenoxy) is 1. The molecule has 1 heterocycles.